The number of pyridine rings is 1. The van der Waals surface area contributed by atoms with Gasteiger partial charge in [-0.15, -0.1) is 0 Å². The van der Waals surface area contributed by atoms with Gasteiger partial charge in [0.05, 0.1) is 25.0 Å². The second-order valence-corrected chi connectivity index (χ2v) is 3.32. The van der Waals surface area contributed by atoms with E-state index in [1.807, 2.05) is 0 Å². The summed E-state index contributed by atoms with van der Waals surface area (Å²) in [4.78, 5) is 14.5. The van der Waals surface area contributed by atoms with Crippen LogP contribution in [0.25, 0.3) is 0 Å². The van der Waals surface area contributed by atoms with Crippen LogP contribution in [0.3, 0.4) is 0 Å². The molecule has 2 rings (SSSR count). The maximum atomic E-state index is 10.7. The highest BCUT2D eigenvalue weighted by atomic mass is 16.5. The van der Waals surface area contributed by atoms with Gasteiger partial charge >= 0.3 is 5.97 Å². The minimum atomic E-state index is -1.00. The monoisotopic (exact) mass is 209 g/mol. The van der Waals surface area contributed by atoms with Crippen LogP contribution < -0.4 is 4.74 Å². The Balaban J connectivity index is 2.07. The standard InChI is InChI=1S/C10H11NO4/c12-10(13)7-3-9(5-11-4-7)15-8-1-2-14-6-8/h3-5,8H,1-2,6H2,(H,12,13). The van der Waals surface area contributed by atoms with Gasteiger partial charge in [0, 0.05) is 12.6 Å². The summed E-state index contributed by atoms with van der Waals surface area (Å²) in [7, 11) is 0. The van der Waals surface area contributed by atoms with Crippen molar-refractivity contribution in [3.63, 3.8) is 0 Å². The van der Waals surface area contributed by atoms with Crippen LogP contribution in [0.15, 0.2) is 18.5 Å². The Morgan fingerprint density at radius 3 is 3.13 bits per heavy atom. The van der Waals surface area contributed by atoms with Crippen molar-refractivity contribution in [3.8, 4) is 5.75 Å². The Labute approximate surface area is 86.7 Å². The first-order chi connectivity index (χ1) is 7.25. The zero-order valence-corrected chi connectivity index (χ0v) is 8.05. The van der Waals surface area contributed by atoms with E-state index in [9.17, 15) is 4.79 Å². The average molecular weight is 209 g/mol. The van der Waals surface area contributed by atoms with E-state index in [1.165, 1.54) is 18.5 Å². The van der Waals surface area contributed by atoms with Gasteiger partial charge < -0.3 is 14.6 Å². The first kappa shape index (κ1) is 9.92. The van der Waals surface area contributed by atoms with Crippen molar-refractivity contribution in [2.75, 3.05) is 13.2 Å². The number of ether oxygens (including phenoxy) is 2. The van der Waals surface area contributed by atoms with Crippen molar-refractivity contribution in [1.29, 1.82) is 0 Å². The third-order valence-corrected chi connectivity index (χ3v) is 2.15. The molecule has 15 heavy (non-hydrogen) atoms. The number of carboxylic acids is 1. The van der Waals surface area contributed by atoms with Crippen LogP contribution in [0, 0.1) is 0 Å². The minimum Gasteiger partial charge on any atom is -0.486 e. The molecule has 1 aromatic heterocycles. The van der Waals surface area contributed by atoms with Crippen molar-refractivity contribution >= 4 is 5.97 Å². The van der Waals surface area contributed by atoms with Crippen LogP contribution >= 0.6 is 0 Å². The van der Waals surface area contributed by atoms with E-state index < -0.39 is 5.97 Å². The lowest BCUT2D eigenvalue weighted by atomic mass is 10.2. The summed E-state index contributed by atoms with van der Waals surface area (Å²) >= 11 is 0. The van der Waals surface area contributed by atoms with Crippen molar-refractivity contribution in [3.05, 3.63) is 24.0 Å². The second kappa shape index (κ2) is 4.27. The van der Waals surface area contributed by atoms with E-state index >= 15 is 0 Å². The quantitative estimate of drug-likeness (QED) is 0.802. The van der Waals surface area contributed by atoms with E-state index in [1.54, 1.807) is 0 Å². The number of hydrogen-bond donors (Lipinski definition) is 1. The van der Waals surface area contributed by atoms with Gasteiger partial charge in [0.25, 0.3) is 0 Å². The molecule has 5 nitrogen and oxygen atoms in total. The van der Waals surface area contributed by atoms with Gasteiger partial charge in [-0.1, -0.05) is 0 Å². The highest BCUT2D eigenvalue weighted by Crippen LogP contribution is 2.16. The summed E-state index contributed by atoms with van der Waals surface area (Å²) in [5.41, 5.74) is 0.131. The number of carbonyl (C=O) groups is 1. The van der Waals surface area contributed by atoms with Gasteiger partial charge in [0.2, 0.25) is 0 Å². The lowest BCUT2D eigenvalue weighted by Crippen LogP contribution is -2.16. The molecule has 0 aromatic carbocycles. The molecule has 1 unspecified atom stereocenters. The predicted octanol–water partition coefficient (Wildman–Crippen LogP) is 0.948. The molecule has 1 aliphatic heterocycles. The Bertz CT molecular complexity index is 360. The molecule has 1 N–H and O–H groups in total. The highest BCUT2D eigenvalue weighted by Gasteiger charge is 2.17. The molecule has 5 heteroatoms. The van der Waals surface area contributed by atoms with Crippen LogP contribution in [-0.4, -0.2) is 35.4 Å². The average Bonchev–Trinajstić information content (AvgIpc) is 2.71. The van der Waals surface area contributed by atoms with Gasteiger partial charge in [-0.05, 0) is 6.07 Å². The predicted molar refractivity (Wildman–Crippen MR) is 51.0 cm³/mol. The number of aromatic nitrogens is 1. The highest BCUT2D eigenvalue weighted by molar-refractivity contribution is 5.87. The molecule has 0 spiro atoms. The molecule has 0 amide bonds. The van der Waals surface area contributed by atoms with Crippen LogP contribution in [0.4, 0.5) is 0 Å². The first-order valence-electron chi connectivity index (χ1n) is 4.68. The van der Waals surface area contributed by atoms with Crippen molar-refractivity contribution < 1.29 is 19.4 Å². The Morgan fingerprint density at radius 1 is 1.60 bits per heavy atom. The Morgan fingerprint density at radius 2 is 2.47 bits per heavy atom. The number of rotatable bonds is 3. The molecule has 1 aliphatic rings. The third-order valence-electron chi connectivity index (χ3n) is 2.15. The molecular weight excluding hydrogens is 198 g/mol. The molecule has 0 aliphatic carbocycles. The van der Waals surface area contributed by atoms with E-state index in [2.05, 4.69) is 4.98 Å². The Kier molecular flexibility index (Phi) is 2.82. The summed E-state index contributed by atoms with van der Waals surface area (Å²) in [6.45, 7) is 1.24. The van der Waals surface area contributed by atoms with Gasteiger partial charge in [-0.3, -0.25) is 4.98 Å². The zero-order chi connectivity index (χ0) is 10.7. The second-order valence-electron chi connectivity index (χ2n) is 3.32. The largest absolute Gasteiger partial charge is 0.486 e. The molecule has 0 radical (unpaired) electrons. The number of aromatic carboxylic acids is 1. The molecule has 1 atom stereocenters. The fourth-order valence-electron chi connectivity index (χ4n) is 1.40. The smallest absolute Gasteiger partial charge is 0.337 e. The van der Waals surface area contributed by atoms with Crippen molar-refractivity contribution in [2.24, 2.45) is 0 Å². The first-order valence-corrected chi connectivity index (χ1v) is 4.68. The number of hydrogen-bond acceptors (Lipinski definition) is 4. The Hall–Kier alpha value is -1.62. The lowest BCUT2D eigenvalue weighted by molar-refractivity contribution is 0.0695. The summed E-state index contributed by atoms with van der Waals surface area (Å²) < 4.78 is 10.7. The summed E-state index contributed by atoms with van der Waals surface area (Å²) in [6, 6.07) is 1.47. The normalized spacial score (nSPS) is 20.1. The number of carboxylic acid groups (broad SMARTS) is 1. The summed E-state index contributed by atoms with van der Waals surface area (Å²) in [5.74, 6) is -0.527. The molecule has 1 aromatic rings. The molecular formula is C10H11NO4. The van der Waals surface area contributed by atoms with Crippen LogP contribution in [0.2, 0.25) is 0 Å². The fraction of sp³-hybridized carbons (Fsp3) is 0.400. The van der Waals surface area contributed by atoms with Gasteiger partial charge in [-0.25, -0.2) is 4.79 Å². The van der Waals surface area contributed by atoms with E-state index in [0.717, 1.165) is 6.42 Å². The van der Waals surface area contributed by atoms with E-state index in [0.29, 0.717) is 19.0 Å². The SMILES string of the molecule is O=C(O)c1cncc(OC2CCOC2)c1. The lowest BCUT2D eigenvalue weighted by Gasteiger charge is -2.11. The summed E-state index contributed by atoms with van der Waals surface area (Å²) in [5, 5.41) is 8.75. The van der Waals surface area contributed by atoms with Crippen molar-refractivity contribution in [1.82, 2.24) is 4.98 Å². The van der Waals surface area contributed by atoms with Crippen molar-refractivity contribution in [2.45, 2.75) is 12.5 Å². The number of nitrogens with zero attached hydrogens (tertiary/aromatic N) is 1. The molecule has 1 saturated heterocycles. The van der Waals surface area contributed by atoms with Gasteiger partial charge in [-0.2, -0.15) is 0 Å². The molecule has 2 heterocycles. The minimum absolute atomic E-state index is 0.0100. The van der Waals surface area contributed by atoms with E-state index in [4.69, 9.17) is 14.6 Å². The third kappa shape index (κ3) is 2.44. The molecule has 80 valence electrons. The van der Waals surface area contributed by atoms with Crippen LogP contribution in [0.5, 0.6) is 5.75 Å². The van der Waals surface area contributed by atoms with Crippen LogP contribution in [0.1, 0.15) is 16.8 Å². The van der Waals surface area contributed by atoms with Gasteiger partial charge in [0.1, 0.15) is 11.9 Å². The summed E-state index contributed by atoms with van der Waals surface area (Å²) in [6.07, 6.45) is 3.64. The zero-order valence-electron chi connectivity index (χ0n) is 8.05. The molecule has 0 bridgehead atoms. The fourth-order valence-corrected chi connectivity index (χ4v) is 1.40. The van der Waals surface area contributed by atoms with Gasteiger partial charge in [0.15, 0.2) is 0 Å². The van der Waals surface area contributed by atoms with Crippen LogP contribution in [-0.2, 0) is 4.74 Å². The van der Waals surface area contributed by atoms with E-state index in [-0.39, 0.29) is 11.7 Å². The molecule has 1 fully saturated rings. The topological polar surface area (TPSA) is 68.7 Å². The maximum Gasteiger partial charge on any atom is 0.337 e. The molecule has 0 saturated carbocycles. The maximum absolute atomic E-state index is 10.7.